The molecule has 10 heteroatoms. The van der Waals surface area contributed by atoms with Crippen molar-refractivity contribution in [1.82, 2.24) is 14.5 Å². The molecule has 0 aliphatic heterocycles. The van der Waals surface area contributed by atoms with Crippen LogP contribution in [0.25, 0.3) is 6.08 Å². The predicted molar refractivity (Wildman–Crippen MR) is 152 cm³/mol. The van der Waals surface area contributed by atoms with E-state index in [1.54, 1.807) is 84.5 Å². The van der Waals surface area contributed by atoms with E-state index < -0.39 is 27.8 Å². The normalized spacial score (nSPS) is 12.2. The molecule has 3 aromatic carbocycles. The number of hydrogen-bond donors (Lipinski definition) is 1. The molecule has 1 unspecified atom stereocenters. The molecule has 206 valence electrons. The molecule has 2 amide bonds. The highest BCUT2D eigenvalue weighted by molar-refractivity contribution is 7.93. The van der Waals surface area contributed by atoms with Crippen LogP contribution in [-0.4, -0.2) is 36.6 Å². The second-order valence-corrected chi connectivity index (χ2v) is 10.6. The van der Waals surface area contributed by atoms with Crippen molar-refractivity contribution in [3.63, 3.8) is 0 Å². The molecule has 1 heterocycles. The van der Waals surface area contributed by atoms with Gasteiger partial charge in [0.1, 0.15) is 11.7 Å². The first-order valence-electron chi connectivity index (χ1n) is 12.7. The second-order valence-electron chi connectivity index (χ2n) is 9.07. The lowest BCUT2D eigenvalue weighted by Gasteiger charge is -2.25. The quantitative estimate of drug-likeness (QED) is 0.274. The number of carbonyl (C=O) groups excluding carboxylic acids is 2. The van der Waals surface area contributed by atoms with Crippen LogP contribution in [0.15, 0.2) is 103 Å². The minimum Gasteiger partial charge on any atom is -0.312 e. The summed E-state index contributed by atoms with van der Waals surface area (Å²) in [5, 5.41) is 5.20. The van der Waals surface area contributed by atoms with E-state index in [0.29, 0.717) is 23.4 Å². The Labute approximate surface area is 232 Å². The van der Waals surface area contributed by atoms with Gasteiger partial charge in [-0.05, 0) is 60.4 Å². The van der Waals surface area contributed by atoms with E-state index in [-0.39, 0.29) is 18.8 Å². The van der Waals surface area contributed by atoms with E-state index in [0.717, 1.165) is 11.0 Å². The van der Waals surface area contributed by atoms with E-state index in [2.05, 4.69) is 5.10 Å². The molecular formula is C30H29FN4O4S. The molecule has 4 aromatic rings. The van der Waals surface area contributed by atoms with E-state index in [4.69, 9.17) is 0 Å². The molecule has 0 fully saturated rings. The average molecular weight is 561 g/mol. The minimum atomic E-state index is -4.19. The molecule has 0 aliphatic rings. The van der Waals surface area contributed by atoms with Crippen molar-refractivity contribution in [1.29, 1.82) is 0 Å². The standard InChI is InChI=1S/C30H29FN4O4S/c1-2-35(27-11-7-4-8-12-27)30(37)28(29(36)33-40(38,39)18-17-23-9-5-3-6-10-23)19-25-20-32-34(22-25)21-24-13-15-26(31)16-14-24/h3-18,20,22,28H,2,19,21H2,1H3,(H,33,36). The number of sulfonamides is 1. The van der Waals surface area contributed by atoms with E-state index in [1.165, 1.54) is 29.3 Å². The Balaban J connectivity index is 1.57. The Morgan fingerprint density at radius 1 is 0.975 bits per heavy atom. The number of amides is 2. The van der Waals surface area contributed by atoms with Gasteiger partial charge in [-0.2, -0.15) is 5.10 Å². The number of hydrogen-bond acceptors (Lipinski definition) is 5. The molecule has 40 heavy (non-hydrogen) atoms. The van der Waals surface area contributed by atoms with Gasteiger partial charge in [-0.25, -0.2) is 17.5 Å². The van der Waals surface area contributed by atoms with Crippen LogP contribution in [0.2, 0.25) is 0 Å². The second kappa shape index (κ2) is 13.0. The number of benzene rings is 3. The fourth-order valence-electron chi connectivity index (χ4n) is 4.14. The molecule has 0 saturated heterocycles. The predicted octanol–water partition coefficient (Wildman–Crippen LogP) is 4.40. The Bertz CT molecular complexity index is 1570. The van der Waals surface area contributed by atoms with Crippen molar-refractivity contribution in [3.8, 4) is 0 Å². The van der Waals surface area contributed by atoms with Crippen LogP contribution in [0, 0.1) is 11.7 Å². The summed E-state index contributed by atoms with van der Waals surface area (Å²) in [4.78, 5) is 28.5. The van der Waals surface area contributed by atoms with Gasteiger partial charge in [0.05, 0.1) is 18.1 Å². The van der Waals surface area contributed by atoms with Crippen molar-refractivity contribution >= 4 is 33.6 Å². The SMILES string of the molecule is CCN(C(=O)C(Cc1cnn(Cc2ccc(F)cc2)c1)C(=O)NS(=O)(=O)C=Cc1ccccc1)c1ccccc1. The molecule has 1 N–H and O–H groups in total. The maximum absolute atomic E-state index is 13.7. The lowest BCUT2D eigenvalue weighted by Crippen LogP contribution is -2.46. The lowest BCUT2D eigenvalue weighted by atomic mass is 9.99. The average Bonchev–Trinajstić information content (AvgIpc) is 3.40. The zero-order valence-electron chi connectivity index (χ0n) is 21.9. The van der Waals surface area contributed by atoms with Crippen molar-refractivity contribution < 1.29 is 22.4 Å². The third kappa shape index (κ3) is 7.73. The van der Waals surface area contributed by atoms with Gasteiger partial charge in [-0.1, -0.05) is 60.7 Å². The van der Waals surface area contributed by atoms with Gasteiger partial charge in [0.2, 0.25) is 11.8 Å². The van der Waals surface area contributed by atoms with Crippen LogP contribution in [0.1, 0.15) is 23.6 Å². The Kier molecular flexibility index (Phi) is 9.23. The van der Waals surface area contributed by atoms with Crippen molar-refractivity contribution in [2.45, 2.75) is 19.9 Å². The summed E-state index contributed by atoms with van der Waals surface area (Å²) in [5.74, 6) is -3.17. The Morgan fingerprint density at radius 3 is 2.27 bits per heavy atom. The van der Waals surface area contributed by atoms with E-state index >= 15 is 0 Å². The van der Waals surface area contributed by atoms with E-state index in [9.17, 15) is 22.4 Å². The first-order chi connectivity index (χ1) is 19.2. The zero-order valence-corrected chi connectivity index (χ0v) is 22.7. The summed E-state index contributed by atoms with van der Waals surface area (Å²) in [7, 11) is -4.19. The van der Waals surface area contributed by atoms with Crippen molar-refractivity contribution in [2.75, 3.05) is 11.4 Å². The van der Waals surface area contributed by atoms with Crippen LogP contribution in [0.3, 0.4) is 0 Å². The monoisotopic (exact) mass is 560 g/mol. The summed E-state index contributed by atoms with van der Waals surface area (Å²) in [6.45, 7) is 2.41. The van der Waals surface area contributed by atoms with Gasteiger partial charge in [-0.15, -0.1) is 0 Å². The lowest BCUT2D eigenvalue weighted by molar-refractivity contribution is -0.132. The first-order valence-corrected chi connectivity index (χ1v) is 14.2. The van der Waals surface area contributed by atoms with Gasteiger partial charge in [0.25, 0.3) is 10.0 Å². The van der Waals surface area contributed by atoms with Crippen molar-refractivity contribution in [3.05, 3.63) is 125 Å². The third-order valence-electron chi connectivity index (χ3n) is 6.13. The molecule has 0 radical (unpaired) electrons. The molecule has 1 aromatic heterocycles. The van der Waals surface area contributed by atoms with Crippen LogP contribution < -0.4 is 9.62 Å². The molecule has 0 saturated carbocycles. The molecule has 1 atom stereocenters. The highest BCUT2D eigenvalue weighted by atomic mass is 32.2. The largest absolute Gasteiger partial charge is 0.312 e. The zero-order chi connectivity index (χ0) is 28.5. The van der Waals surface area contributed by atoms with Crippen LogP contribution >= 0.6 is 0 Å². The van der Waals surface area contributed by atoms with Gasteiger partial charge in [-0.3, -0.25) is 14.3 Å². The fraction of sp³-hybridized carbons (Fsp3) is 0.167. The third-order valence-corrected chi connectivity index (χ3v) is 7.11. The highest BCUT2D eigenvalue weighted by Gasteiger charge is 2.33. The summed E-state index contributed by atoms with van der Waals surface area (Å²) in [6, 6.07) is 23.6. The number of aromatic nitrogens is 2. The van der Waals surface area contributed by atoms with Gasteiger partial charge in [0.15, 0.2) is 0 Å². The summed E-state index contributed by atoms with van der Waals surface area (Å²) < 4.78 is 42.4. The summed E-state index contributed by atoms with van der Waals surface area (Å²) in [6.07, 6.45) is 4.50. The molecule has 0 bridgehead atoms. The number of halogens is 1. The first kappa shape index (κ1) is 28.4. The number of carbonyl (C=O) groups is 2. The van der Waals surface area contributed by atoms with Crippen molar-refractivity contribution in [2.24, 2.45) is 5.92 Å². The number of para-hydroxylation sites is 1. The maximum atomic E-state index is 13.7. The van der Waals surface area contributed by atoms with Crippen LogP contribution in [0.4, 0.5) is 10.1 Å². The van der Waals surface area contributed by atoms with Gasteiger partial charge >= 0.3 is 0 Å². The molecule has 0 spiro atoms. The molecule has 0 aliphatic carbocycles. The number of nitrogens with one attached hydrogen (secondary N) is 1. The molecule has 4 rings (SSSR count). The Hall–Kier alpha value is -4.57. The van der Waals surface area contributed by atoms with Gasteiger partial charge in [0, 0.05) is 18.4 Å². The van der Waals surface area contributed by atoms with Crippen LogP contribution in [-0.2, 0) is 32.6 Å². The topological polar surface area (TPSA) is 101 Å². The highest BCUT2D eigenvalue weighted by Crippen LogP contribution is 2.20. The summed E-state index contributed by atoms with van der Waals surface area (Å²) >= 11 is 0. The van der Waals surface area contributed by atoms with Crippen LogP contribution in [0.5, 0.6) is 0 Å². The van der Waals surface area contributed by atoms with E-state index in [1.807, 2.05) is 10.8 Å². The fourth-order valence-corrected chi connectivity index (χ4v) is 4.97. The summed E-state index contributed by atoms with van der Waals surface area (Å²) in [5.41, 5.74) is 2.62. The number of rotatable bonds is 11. The smallest absolute Gasteiger partial charge is 0.257 e. The maximum Gasteiger partial charge on any atom is 0.257 e. The number of anilines is 1. The molecule has 8 nitrogen and oxygen atoms in total. The minimum absolute atomic E-state index is 0.0741. The van der Waals surface area contributed by atoms with Gasteiger partial charge < -0.3 is 4.90 Å². The Morgan fingerprint density at radius 2 is 1.62 bits per heavy atom. The molecular weight excluding hydrogens is 531 g/mol. The number of nitrogens with zero attached hydrogens (tertiary/aromatic N) is 3.